The van der Waals surface area contributed by atoms with Crippen molar-refractivity contribution in [1.82, 2.24) is 15.5 Å². The second-order valence-electron chi connectivity index (χ2n) is 6.57. The Morgan fingerprint density at radius 1 is 1.19 bits per heavy atom. The van der Waals surface area contributed by atoms with Crippen LogP contribution in [0.2, 0.25) is 0 Å². The molecule has 0 radical (unpaired) electrons. The molecule has 2 atom stereocenters. The van der Waals surface area contributed by atoms with E-state index < -0.39 is 0 Å². The monoisotopic (exact) mass is 504 g/mol. The third-order valence-corrected chi connectivity index (χ3v) is 6.50. The number of guanidine groups is 1. The Morgan fingerprint density at radius 3 is 2.58 bits per heavy atom. The van der Waals surface area contributed by atoms with Gasteiger partial charge in [0.15, 0.2) is 5.96 Å². The summed E-state index contributed by atoms with van der Waals surface area (Å²) < 4.78 is 0. The lowest BCUT2D eigenvalue weighted by molar-refractivity contribution is 0.249. The van der Waals surface area contributed by atoms with Gasteiger partial charge in [0.2, 0.25) is 0 Å². The molecule has 0 bridgehead atoms. The summed E-state index contributed by atoms with van der Waals surface area (Å²) in [6, 6.07) is 7.05. The molecule has 1 aliphatic heterocycles. The zero-order chi connectivity index (χ0) is 17.5. The molecule has 1 aliphatic rings. The Balaban J connectivity index is 0.00000243. The molecule has 2 unspecified atom stereocenters. The Kier molecular flexibility index (Phi) is 9.38. The Bertz CT molecular complexity index is 637. The molecule has 3 heterocycles. The summed E-state index contributed by atoms with van der Waals surface area (Å²) in [6.45, 7) is 6.44. The van der Waals surface area contributed by atoms with Crippen LogP contribution in [0.4, 0.5) is 0 Å². The lowest BCUT2D eigenvalue weighted by atomic mass is 10.1. The van der Waals surface area contributed by atoms with Crippen LogP contribution in [0.15, 0.2) is 39.3 Å². The van der Waals surface area contributed by atoms with Crippen molar-refractivity contribution in [3.05, 3.63) is 44.8 Å². The number of thiophene rings is 2. The Labute approximate surface area is 182 Å². The maximum Gasteiger partial charge on any atom is 0.191 e. The minimum Gasteiger partial charge on any atom is -0.356 e. The van der Waals surface area contributed by atoms with Gasteiger partial charge in [-0.15, -0.1) is 35.3 Å². The molecule has 3 rings (SSSR count). The van der Waals surface area contributed by atoms with Crippen molar-refractivity contribution in [2.75, 3.05) is 33.2 Å². The van der Waals surface area contributed by atoms with E-state index in [1.54, 1.807) is 11.3 Å². The molecule has 0 aromatic carbocycles. The zero-order valence-corrected chi connectivity index (χ0v) is 19.4. The van der Waals surface area contributed by atoms with Gasteiger partial charge in [-0.1, -0.05) is 13.0 Å². The molecular weight excluding hydrogens is 475 g/mol. The van der Waals surface area contributed by atoms with Crippen LogP contribution in [-0.2, 0) is 0 Å². The second-order valence-corrected chi connectivity index (χ2v) is 8.33. The number of likely N-dealkylation sites (tertiary alicyclic amines) is 1. The van der Waals surface area contributed by atoms with Gasteiger partial charge in [-0.25, -0.2) is 0 Å². The van der Waals surface area contributed by atoms with Crippen molar-refractivity contribution < 1.29 is 0 Å². The summed E-state index contributed by atoms with van der Waals surface area (Å²) in [6.07, 6.45) is 2.63. The molecule has 26 heavy (non-hydrogen) atoms. The molecule has 2 N–H and O–H groups in total. The summed E-state index contributed by atoms with van der Waals surface area (Å²) in [5.74, 6) is 1.37. The van der Waals surface area contributed by atoms with Crippen molar-refractivity contribution in [1.29, 1.82) is 0 Å². The van der Waals surface area contributed by atoms with E-state index in [1.807, 2.05) is 18.4 Å². The van der Waals surface area contributed by atoms with Crippen molar-refractivity contribution >= 4 is 52.6 Å². The van der Waals surface area contributed by atoms with E-state index in [9.17, 15) is 0 Å². The van der Waals surface area contributed by atoms with Crippen LogP contribution < -0.4 is 10.6 Å². The third kappa shape index (κ3) is 5.94. The number of nitrogens with zero attached hydrogens (tertiary/aromatic N) is 2. The highest BCUT2D eigenvalue weighted by molar-refractivity contribution is 14.0. The molecule has 0 amide bonds. The smallest absolute Gasteiger partial charge is 0.191 e. The van der Waals surface area contributed by atoms with E-state index in [4.69, 9.17) is 0 Å². The third-order valence-electron chi connectivity index (χ3n) is 4.83. The molecular formula is C19H29IN4S2. The molecule has 1 fully saturated rings. The fraction of sp³-hybridized carbons (Fsp3) is 0.526. The van der Waals surface area contributed by atoms with E-state index >= 15 is 0 Å². The first-order valence-electron chi connectivity index (χ1n) is 9.02. The largest absolute Gasteiger partial charge is 0.356 e. The zero-order valence-electron chi connectivity index (χ0n) is 15.5. The van der Waals surface area contributed by atoms with Crippen LogP contribution in [0.25, 0.3) is 0 Å². The lowest BCUT2D eigenvalue weighted by Gasteiger charge is -2.27. The molecule has 0 spiro atoms. The van der Waals surface area contributed by atoms with Gasteiger partial charge in [0.25, 0.3) is 0 Å². The van der Waals surface area contributed by atoms with Crippen LogP contribution in [0.5, 0.6) is 0 Å². The van der Waals surface area contributed by atoms with Gasteiger partial charge in [0.1, 0.15) is 0 Å². The van der Waals surface area contributed by atoms with Gasteiger partial charge >= 0.3 is 0 Å². The summed E-state index contributed by atoms with van der Waals surface area (Å²) in [5.41, 5.74) is 1.39. The highest BCUT2D eigenvalue weighted by Gasteiger charge is 2.24. The van der Waals surface area contributed by atoms with Crippen molar-refractivity contribution in [3.63, 3.8) is 0 Å². The number of aliphatic imine (C=N–C) groups is 1. The molecule has 2 aromatic heterocycles. The average molecular weight is 505 g/mol. The number of nitrogens with one attached hydrogen (secondary N) is 2. The highest BCUT2D eigenvalue weighted by Crippen LogP contribution is 2.27. The molecule has 1 saturated heterocycles. The summed E-state index contributed by atoms with van der Waals surface area (Å²) >= 11 is 3.61. The van der Waals surface area contributed by atoms with Crippen molar-refractivity contribution in [2.45, 2.75) is 31.7 Å². The number of halogens is 1. The van der Waals surface area contributed by atoms with Gasteiger partial charge < -0.3 is 10.6 Å². The minimum atomic E-state index is 0. The molecule has 4 nitrogen and oxygen atoms in total. The van der Waals surface area contributed by atoms with Crippen molar-refractivity contribution in [2.24, 2.45) is 4.99 Å². The van der Waals surface area contributed by atoms with Crippen LogP contribution in [-0.4, -0.2) is 44.1 Å². The van der Waals surface area contributed by atoms with Gasteiger partial charge in [-0.05, 0) is 65.7 Å². The first kappa shape index (κ1) is 21.7. The van der Waals surface area contributed by atoms with E-state index in [-0.39, 0.29) is 24.0 Å². The SMILES string of the molecule is CN=C(NCC(C)c1ccsc1)NCC(c1cccs1)N1CCCC1.I. The van der Waals surface area contributed by atoms with Gasteiger partial charge in [0.05, 0.1) is 6.04 Å². The van der Waals surface area contributed by atoms with Crippen LogP contribution in [0.1, 0.15) is 42.2 Å². The minimum absolute atomic E-state index is 0. The molecule has 0 saturated carbocycles. The fourth-order valence-electron chi connectivity index (χ4n) is 3.28. The maximum absolute atomic E-state index is 4.40. The van der Waals surface area contributed by atoms with Crippen LogP contribution >= 0.6 is 46.7 Å². The predicted octanol–water partition coefficient (Wildman–Crippen LogP) is 4.53. The Morgan fingerprint density at radius 2 is 1.96 bits per heavy atom. The van der Waals surface area contributed by atoms with E-state index in [1.165, 1.54) is 36.4 Å². The van der Waals surface area contributed by atoms with E-state index in [0.29, 0.717) is 12.0 Å². The standard InChI is InChI=1S/C19H28N4S2.HI/c1-15(16-7-11-24-14-16)12-21-19(20-2)22-13-17(18-6-5-10-25-18)23-8-3-4-9-23;/h5-7,10-11,14-15,17H,3-4,8-9,12-13H2,1-2H3,(H2,20,21,22);1H. The summed E-state index contributed by atoms with van der Waals surface area (Å²) in [7, 11) is 1.85. The Hall–Kier alpha value is -0.640. The average Bonchev–Trinajstić information content (AvgIpc) is 3.40. The topological polar surface area (TPSA) is 39.7 Å². The van der Waals surface area contributed by atoms with Gasteiger partial charge in [-0.3, -0.25) is 9.89 Å². The molecule has 2 aromatic rings. The highest BCUT2D eigenvalue weighted by atomic mass is 127. The predicted molar refractivity (Wildman–Crippen MR) is 125 cm³/mol. The molecule has 0 aliphatic carbocycles. The number of hydrogen-bond donors (Lipinski definition) is 2. The molecule has 7 heteroatoms. The van der Waals surface area contributed by atoms with Gasteiger partial charge in [-0.2, -0.15) is 11.3 Å². The first-order valence-corrected chi connectivity index (χ1v) is 10.8. The van der Waals surface area contributed by atoms with Crippen LogP contribution in [0, 0.1) is 0 Å². The first-order chi connectivity index (χ1) is 12.3. The molecule has 144 valence electrons. The maximum atomic E-state index is 4.40. The number of rotatable bonds is 7. The second kappa shape index (κ2) is 11.3. The normalized spacial score (nSPS) is 17.5. The van der Waals surface area contributed by atoms with E-state index in [2.05, 4.69) is 61.8 Å². The fourth-order valence-corrected chi connectivity index (χ4v) is 4.92. The van der Waals surface area contributed by atoms with Gasteiger partial charge in [0, 0.05) is 25.0 Å². The summed E-state index contributed by atoms with van der Waals surface area (Å²) in [5, 5.41) is 13.6. The van der Waals surface area contributed by atoms with E-state index in [0.717, 1.165) is 19.0 Å². The van der Waals surface area contributed by atoms with Crippen molar-refractivity contribution in [3.8, 4) is 0 Å². The summed E-state index contributed by atoms with van der Waals surface area (Å²) in [4.78, 5) is 8.44. The quantitative estimate of drug-likeness (QED) is 0.331. The number of hydrogen-bond acceptors (Lipinski definition) is 4. The van der Waals surface area contributed by atoms with Crippen LogP contribution in [0.3, 0.4) is 0 Å². The lowest BCUT2D eigenvalue weighted by Crippen LogP contribution is -2.43.